The van der Waals surface area contributed by atoms with Gasteiger partial charge in [0.15, 0.2) is 0 Å². The van der Waals surface area contributed by atoms with Crippen LogP contribution < -0.4 is 11.1 Å². The van der Waals surface area contributed by atoms with E-state index < -0.39 is 24.1 Å². The molecule has 23 heavy (non-hydrogen) atoms. The number of carbonyl (C=O) groups is 2. The van der Waals surface area contributed by atoms with Gasteiger partial charge in [0, 0.05) is 13.1 Å². The Hall–Kier alpha value is -2.56. The van der Waals surface area contributed by atoms with Gasteiger partial charge in [-0.25, -0.2) is 4.79 Å². The molecule has 0 aliphatic rings. The summed E-state index contributed by atoms with van der Waals surface area (Å²) in [4.78, 5) is 24.0. The number of carbonyl (C=O) groups excluding carboxylic acids is 1. The maximum absolute atomic E-state index is 11.5. The highest BCUT2D eigenvalue weighted by atomic mass is 16.4. The van der Waals surface area contributed by atoms with Crippen molar-refractivity contribution in [1.82, 2.24) is 10.2 Å². The highest BCUT2D eigenvalue weighted by molar-refractivity contribution is 5.78. The summed E-state index contributed by atoms with van der Waals surface area (Å²) < 4.78 is 0. The van der Waals surface area contributed by atoms with E-state index in [-0.39, 0.29) is 19.6 Å². The van der Waals surface area contributed by atoms with Gasteiger partial charge in [0.25, 0.3) is 0 Å². The smallest absolute Gasteiger partial charge is 0.407 e. The molecule has 0 unspecified atom stereocenters. The molecule has 7 nitrogen and oxygen atoms in total. The monoisotopic (exact) mass is 319 g/mol. The molecule has 2 atom stereocenters. The van der Waals surface area contributed by atoms with Crippen molar-refractivity contribution in [3.63, 3.8) is 0 Å². The average molecular weight is 319 g/mol. The quantitative estimate of drug-likeness (QED) is 0.528. The lowest BCUT2D eigenvalue weighted by atomic mass is 10.1. The van der Waals surface area contributed by atoms with Crippen LogP contribution in [-0.4, -0.2) is 52.3 Å². The Labute approximate surface area is 135 Å². The zero-order valence-corrected chi connectivity index (χ0v) is 12.9. The Morgan fingerprint density at radius 3 is 2.52 bits per heavy atom. The minimum Gasteiger partial charge on any atom is -0.465 e. The van der Waals surface area contributed by atoms with Crippen LogP contribution in [0.1, 0.15) is 12.5 Å². The van der Waals surface area contributed by atoms with Crippen molar-refractivity contribution in [1.29, 1.82) is 0 Å². The van der Waals surface area contributed by atoms with Gasteiger partial charge >= 0.3 is 6.09 Å². The van der Waals surface area contributed by atoms with Gasteiger partial charge in [-0.05, 0) is 12.5 Å². The van der Waals surface area contributed by atoms with E-state index in [9.17, 15) is 19.8 Å². The first-order valence-electron chi connectivity index (χ1n) is 7.09. The second-order valence-electron chi connectivity index (χ2n) is 4.87. The molecular weight excluding hydrogens is 298 g/mol. The van der Waals surface area contributed by atoms with Gasteiger partial charge < -0.3 is 26.2 Å². The van der Waals surface area contributed by atoms with Crippen molar-refractivity contribution in [3.05, 3.63) is 35.9 Å². The third-order valence-corrected chi connectivity index (χ3v) is 3.11. The van der Waals surface area contributed by atoms with Crippen molar-refractivity contribution in [2.45, 2.75) is 25.6 Å². The van der Waals surface area contributed by atoms with Crippen LogP contribution in [0.15, 0.2) is 30.3 Å². The summed E-state index contributed by atoms with van der Waals surface area (Å²) in [6, 6.07) is 8.18. The molecule has 0 radical (unpaired) electrons. The number of nitrogens with zero attached hydrogens (tertiary/aromatic N) is 1. The lowest BCUT2D eigenvalue weighted by Crippen LogP contribution is -2.52. The fourth-order valence-corrected chi connectivity index (χ4v) is 1.99. The zero-order valence-electron chi connectivity index (χ0n) is 12.9. The molecule has 0 saturated carbocycles. The highest BCUT2D eigenvalue weighted by Crippen LogP contribution is 2.07. The maximum atomic E-state index is 11.5. The molecule has 0 bridgehead atoms. The predicted molar refractivity (Wildman–Crippen MR) is 85.3 cm³/mol. The Bertz CT molecular complexity index is 580. The number of hydrogen-bond donors (Lipinski definition) is 4. The first kappa shape index (κ1) is 18.5. The Balaban J connectivity index is 2.87. The van der Waals surface area contributed by atoms with Gasteiger partial charge in [-0.1, -0.05) is 36.3 Å². The standard InChI is InChI=1S/C16H21N3O4/c1-2-6-14(20)13(18-15(21)9-17)11-19(16(22)23)10-12-7-4-3-5-8-12/h3-5,7-8,13-14,20H,9-11,17H2,1H3,(H,18,21)(H,22,23)/t13-,14-/m0/s1. The third-order valence-electron chi connectivity index (χ3n) is 3.11. The van der Waals surface area contributed by atoms with Gasteiger partial charge in [-0.2, -0.15) is 0 Å². The van der Waals surface area contributed by atoms with Gasteiger partial charge in [0.1, 0.15) is 6.10 Å². The number of aliphatic hydroxyl groups is 1. The van der Waals surface area contributed by atoms with Crippen molar-refractivity contribution < 1.29 is 19.8 Å². The summed E-state index contributed by atoms with van der Waals surface area (Å²) in [5.41, 5.74) is 6.05. The first-order chi connectivity index (χ1) is 11.0. The van der Waals surface area contributed by atoms with Crippen LogP contribution in [-0.2, 0) is 11.3 Å². The molecule has 0 spiro atoms. The molecule has 2 amide bonds. The average Bonchev–Trinajstić information content (AvgIpc) is 2.54. The van der Waals surface area contributed by atoms with Crippen molar-refractivity contribution in [2.75, 3.05) is 13.1 Å². The fourth-order valence-electron chi connectivity index (χ4n) is 1.99. The van der Waals surface area contributed by atoms with Crippen molar-refractivity contribution in [2.24, 2.45) is 5.73 Å². The number of nitrogens with one attached hydrogen (secondary N) is 1. The zero-order chi connectivity index (χ0) is 17.2. The van der Waals surface area contributed by atoms with E-state index in [0.717, 1.165) is 10.5 Å². The van der Waals surface area contributed by atoms with Crippen molar-refractivity contribution in [3.8, 4) is 11.8 Å². The molecule has 124 valence electrons. The number of hydrogen-bond acceptors (Lipinski definition) is 4. The van der Waals surface area contributed by atoms with Crippen LogP contribution in [0, 0.1) is 11.8 Å². The molecule has 7 heteroatoms. The van der Waals surface area contributed by atoms with Crippen LogP contribution in [0.2, 0.25) is 0 Å². The number of carboxylic acid groups (broad SMARTS) is 1. The van der Waals surface area contributed by atoms with Crippen LogP contribution >= 0.6 is 0 Å². The molecule has 0 aliphatic heterocycles. The van der Waals surface area contributed by atoms with E-state index in [1.807, 2.05) is 6.07 Å². The lowest BCUT2D eigenvalue weighted by Gasteiger charge is -2.27. The lowest BCUT2D eigenvalue weighted by molar-refractivity contribution is -0.121. The van der Waals surface area contributed by atoms with Gasteiger partial charge in [-0.15, -0.1) is 5.92 Å². The molecule has 1 aromatic carbocycles. The van der Waals surface area contributed by atoms with Crippen LogP contribution in [0.25, 0.3) is 0 Å². The number of rotatable bonds is 7. The van der Waals surface area contributed by atoms with E-state index in [1.54, 1.807) is 31.2 Å². The van der Waals surface area contributed by atoms with Gasteiger partial charge in [0.2, 0.25) is 5.91 Å². The summed E-state index contributed by atoms with van der Waals surface area (Å²) in [5, 5.41) is 21.9. The number of amides is 2. The van der Waals surface area contributed by atoms with Crippen LogP contribution in [0.3, 0.4) is 0 Å². The fraction of sp³-hybridized carbons (Fsp3) is 0.375. The molecular formula is C16H21N3O4. The minimum atomic E-state index is -1.19. The Kier molecular flexibility index (Phi) is 7.60. The summed E-state index contributed by atoms with van der Waals surface area (Å²) in [6.45, 7) is 1.32. The van der Waals surface area contributed by atoms with E-state index in [0.29, 0.717) is 0 Å². The third kappa shape index (κ3) is 6.38. The van der Waals surface area contributed by atoms with E-state index >= 15 is 0 Å². The maximum Gasteiger partial charge on any atom is 0.407 e. The molecule has 0 fully saturated rings. The predicted octanol–water partition coefficient (Wildman–Crippen LogP) is -0.00570. The van der Waals surface area contributed by atoms with E-state index in [1.165, 1.54) is 0 Å². The summed E-state index contributed by atoms with van der Waals surface area (Å²) in [7, 11) is 0. The van der Waals surface area contributed by atoms with Crippen LogP contribution in [0.4, 0.5) is 4.79 Å². The molecule has 5 N–H and O–H groups in total. The van der Waals surface area contributed by atoms with Gasteiger partial charge in [0.05, 0.1) is 12.6 Å². The normalized spacial score (nSPS) is 12.5. The summed E-state index contributed by atoms with van der Waals surface area (Å²) >= 11 is 0. The number of nitrogens with two attached hydrogens (primary N) is 1. The Morgan fingerprint density at radius 1 is 1.35 bits per heavy atom. The second kappa shape index (κ2) is 9.46. The number of aliphatic hydroxyl groups excluding tert-OH is 1. The Morgan fingerprint density at radius 2 is 2.00 bits per heavy atom. The number of benzene rings is 1. The second-order valence-corrected chi connectivity index (χ2v) is 4.87. The van der Waals surface area contributed by atoms with E-state index in [2.05, 4.69) is 17.2 Å². The van der Waals surface area contributed by atoms with E-state index in [4.69, 9.17) is 5.73 Å². The summed E-state index contributed by atoms with van der Waals surface area (Å²) in [6.07, 6.45) is -2.34. The highest BCUT2D eigenvalue weighted by Gasteiger charge is 2.25. The molecule has 0 heterocycles. The largest absolute Gasteiger partial charge is 0.465 e. The molecule has 1 aromatic rings. The molecule has 0 aliphatic carbocycles. The SMILES string of the molecule is CC#C[C@H](O)[C@H](CN(Cc1ccccc1)C(=O)O)NC(=O)CN. The summed E-state index contributed by atoms with van der Waals surface area (Å²) in [5.74, 6) is 4.57. The topological polar surface area (TPSA) is 116 Å². The minimum absolute atomic E-state index is 0.105. The van der Waals surface area contributed by atoms with Gasteiger partial charge in [-0.3, -0.25) is 4.79 Å². The van der Waals surface area contributed by atoms with Crippen LogP contribution in [0.5, 0.6) is 0 Å². The molecule has 0 saturated heterocycles. The molecule has 0 aromatic heterocycles. The first-order valence-corrected chi connectivity index (χ1v) is 7.09. The molecule has 1 rings (SSSR count). The van der Waals surface area contributed by atoms with Crippen molar-refractivity contribution >= 4 is 12.0 Å².